The van der Waals surface area contributed by atoms with E-state index < -0.39 is 58.7 Å². The van der Waals surface area contributed by atoms with Gasteiger partial charge in [-0.1, -0.05) is 26.8 Å². The SMILES string of the molecule is CC(=O)Nc1ccc(C(C)(C)C)cc1OC(F)(F)C(F)(F)C(F)(F)C(F)(F)C(F)(F)C(F)(F)F. The predicted octanol–water partition coefficient (Wildman–Crippen LogP) is 7.02. The highest BCUT2D eigenvalue weighted by Gasteiger charge is 2.91. The number of carbonyl (C=O) groups excluding carboxylic acids is 1. The first-order valence-electron chi connectivity index (χ1n) is 8.81. The summed E-state index contributed by atoms with van der Waals surface area (Å²) in [7, 11) is 0. The van der Waals surface area contributed by atoms with Crippen LogP contribution in [0.1, 0.15) is 33.3 Å². The van der Waals surface area contributed by atoms with Crippen molar-refractivity contribution < 1.29 is 66.6 Å². The zero-order valence-electron chi connectivity index (χ0n) is 17.5. The molecule has 1 aromatic rings. The summed E-state index contributed by atoms with van der Waals surface area (Å²) in [5.41, 5.74) is -1.81. The van der Waals surface area contributed by atoms with Gasteiger partial charge in [-0.3, -0.25) is 4.79 Å². The summed E-state index contributed by atoms with van der Waals surface area (Å²) in [5.74, 6) is -34.0. The average molecular weight is 525 g/mol. The zero-order valence-corrected chi connectivity index (χ0v) is 17.5. The molecule has 0 saturated carbocycles. The Labute approximate surface area is 183 Å². The molecule has 0 bridgehead atoms. The number of hydrogen-bond donors (Lipinski definition) is 1. The number of amides is 1. The largest absolute Gasteiger partial charge is 0.471 e. The van der Waals surface area contributed by atoms with Crippen LogP contribution < -0.4 is 10.1 Å². The summed E-state index contributed by atoms with van der Waals surface area (Å²) in [5, 5.41) is 1.79. The van der Waals surface area contributed by atoms with Crippen LogP contribution in [0.2, 0.25) is 0 Å². The highest BCUT2D eigenvalue weighted by atomic mass is 19.4. The first-order valence-corrected chi connectivity index (χ1v) is 8.81. The fourth-order valence-electron chi connectivity index (χ4n) is 2.32. The van der Waals surface area contributed by atoms with Crippen LogP contribution in [-0.2, 0) is 10.2 Å². The van der Waals surface area contributed by atoms with Crippen LogP contribution in [0.4, 0.5) is 62.8 Å². The number of anilines is 1. The number of carbonyl (C=O) groups is 1. The summed E-state index contributed by atoms with van der Waals surface area (Å²) in [4.78, 5) is 11.2. The van der Waals surface area contributed by atoms with E-state index in [0.29, 0.717) is 6.07 Å². The molecule has 16 heteroatoms. The van der Waals surface area contributed by atoms with Gasteiger partial charge < -0.3 is 10.1 Å². The zero-order chi connectivity index (χ0) is 27.3. The first-order chi connectivity index (χ1) is 14.7. The van der Waals surface area contributed by atoms with E-state index >= 15 is 0 Å². The molecule has 0 unspecified atom stereocenters. The number of halogens is 13. The Balaban J connectivity index is 3.64. The maximum Gasteiger partial charge on any atom is 0.471 e. The summed E-state index contributed by atoms with van der Waals surface area (Å²) in [6.45, 7) is 5.14. The van der Waals surface area contributed by atoms with Crippen LogP contribution in [0.5, 0.6) is 5.75 Å². The molecule has 0 atom stereocenters. The Morgan fingerprint density at radius 3 is 1.56 bits per heavy atom. The molecule has 0 radical (unpaired) electrons. The molecule has 1 amide bonds. The third kappa shape index (κ3) is 4.85. The number of alkyl halides is 13. The molecule has 1 N–H and O–H groups in total. The normalized spacial score (nSPS) is 14.7. The lowest BCUT2D eigenvalue weighted by Crippen LogP contribution is -2.70. The summed E-state index contributed by atoms with van der Waals surface area (Å²) in [6.07, 6.45) is -14.3. The van der Waals surface area contributed by atoms with Crippen molar-refractivity contribution in [3.05, 3.63) is 23.8 Å². The number of nitrogens with one attached hydrogen (secondary N) is 1. The highest BCUT2D eigenvalue weighted by Crippen LogP contribution is 2.60. The second-order valence-electron chi connectivity index (χ2n) is 8.06. The van der Waals surface area contributed by atoms with Crippen molar-refractivity contribution in [1.29, 1.82) is 0 Å². The molecule has 0 aliphatic rings. The molecule has 3 nitrogen and oxygen atoms in total. The van der Waals surface area contributed by atoms with Crippen LogP contribution in [-0.4, -0.2) is 41.9 Å². The molecule has 0 aliphatic heterocycles. The average Bonchev–Trinajstić information content (AvgIpc) is 2.59. The van der Waals surface area contributed by atoms with Gasteiger partial charge in [-0.05, 0) is 23.1 Å². The van der Waals surface area contributed by atoms with Crippen LogP contribution in [0, 0.1) is 0 Å². The highest BCUT2D eigenvalue weighted by molar-refractivity contribution is 5.90. The lowest BCUT2D eigenvalue weighted by atomic mass is 9.87. The molecular weight excluding hydrogens is 509 g/mol. The third-order valence-corrected chi connectivity index (χ3v) is 4.30. The van der Waals surface area contributed by atoms with Crippen LogP contribution >= 0.6 is 0 Å². The molecule has 1 rings (SSSR count). The third-order valence-electron chi connectivity index (χ3n) is 4.30. The van der Waals surface area contributed by atoms with Gasteiger partial charge in [0.2, 0.25) is 5.91 Å². The maximum absolute atomic E-state index is 14.1. The second-order valence-corrected chi connectivity index (χ2v) is 8.06. The van der Waals surface area contributed by atoms with Gasteiger partial charge in [0.25, 0.3) is 0 Å². The van der Waals surface area contributed by atoms with Crippen LogP contribution in [0.25, 0.3) is 0 Å². The van der Waals surface area contributed by atoms with Crippen molar-refractivity contribution in [1.82, 2.24) is 0 Å². The van der Waals surface area contributed by atoms with E-state index in [1.807, 2.05) is 0 Å². The van der Waals surface area contributed by atoms with E-state index in [0.717, 1.165) is 19.1 Å². The lowest BCUT2D eigenvalue weighted by Gasteiger charge is -2.39. The minimum Gasteiger partial charge on any atom is -0.426 e. The molecule has 0 aliphatic carbocycles. The topological polar surface area (TPSA) is 38.3 Å². The van der Waals surface area contributed by atoms with Gasteiger partial charge in [0.15, 0.2) is 0 Å². The van der Waals surface area contributed by atoms with Crippen molar-refractivity contribution in [2.75, 3.05) is 5.32 Å². The van der Waals surface area contributed by atoms with Crippen molar-refractivity contribution in [3.8, 4) is 5.75 Å². The minimum atomic E-state index is -8.04. The van der Waals surface area contributed by atoms with Crippen molar-refractivity contribution in [3.63, 3.8) is 0 Å². The molecule has 0 heterocycles. The fraction of sp³-hybridized carbons (Fsp3) is 0.611. The maximum atomic E-state index is 14.1. The van der Waals surface area contributed by atoms with Crippen molar-refractivity contribution in [2.45, 2.75) is 69.1 Å². The van der Waals surface area contributed by atoms with Gasteiger partial charge in [-0.15, -0.1) is 0 Å². The van der Waals surface area contributed by atoms with E-state index in [4.69, 9.17) is 0 Å². The summed E-state index contributed by atoms with van der Waals surface area (Å²) in [6, 6.07) is 2.47. The van der Waals surface area contributed by atoms with Gasteiger partial charge in [0, 0.05) is 6.92 Å². The van der Waals surface area contributed by atoms with E-state index in [-0.39, 0.29) is 5.56 Å². The van der Waals surface area contributed by atoms with Crippen molar-refractivity contribution in [2.24, 2.45) is 0 Å². The van der Waals surface area contributed by atoms with E-state index in [1.165, 1.54) is 20.8 Å². The molecule has 0 aromatic heterocycles. The Kier molecular flexibility index (Phi) is 7.28. The Morgan fingerprint density at radius 2 is 1.18 bits per heavy atom. The smallest absolute Gasteiger partial charge is 0.426 e. The number of benzene rings is 1. The van der Waals surface area contributed by atoms with Gasteiger partial charge in [0.1, 0.15) is 5.75 Å². The van der Waals surface area contributed by atoms with Gasteiger partial charge in [-0.25, -0.2) is 0 Å². The number of hydrogen-bond acceptors (Lipinski definition) is 2. The molecule has 0 spiro atoms. The van der Waals surface area contributed by atoms with Crippen molar-refractivity contribution >= 4 is 11.6 Å². The van der Waals surface area contributed by atoms with E-state index in [1.54, 1.807) is 5.32 Å². The minimum absolute atomic E-state index is 0.00332. The monoisotopic (exact) mass is 525 g/mol. The second kappa shape index (κ2) is 8.36. The van der Waals surface area contributed by atoms with Crippen LogP contribution in [0.15, 0.2) is 18.2 Å². The molecular formula is C18H16F13NO2. The van der Waals surface area contributed by atoms with Gasteiger partial charge in [-0.2, -0.15) is 57.1 Å². The quantitative estimate of drug-likeness (QED) is 0.389. The van der Waals surface area contributed by atoms with E-state index in [2.05, 4.69) is 4.74 Å². The molecule has 0 saturated heterocycles. The van der Waals surface area contributed by atoms with Crippen LogP contribution in [0.3, 0.4) is 0 Å². The Bertz CT molecular complexity index is 917. The van der Waals surface area contributed by atoms with Gasteiger partial charge >= 0.3 is 36.0 Å². The molecule has 0 fully saturated rings. The predicted molar refractivity (Wildman–Crippen MR) is 90.9 cm³/mol. The summed E-state index contributed by atoms with van der Waals surface area (Å²) >= 11 is 0. The number of rotatable bonds is 7. The summed E-state index contributed by atoms with van der Waals surface area (Å²) < 4.78 is 176. The lowest BCUT2D eigenvalue weighted by molar-refractivity contribution is -0.456. The Hall–Kier alpha value is -2.42. The van der Waals surface area contributed by atoms with E-state index in [9.17, 15) is 61.9 Å². The first kappa shape index (κ1) is 29.6. The number of ether oxygens (including phenoxy) is 1. The molecule has 34 heavy (non-hydrogen) atoms. The molecule has 1 aromatic carbocycles. The fourth-order valence-corrected chi connectivity index (χ4v) is 2.32. The van der Waals surface area contributed by atoms with Gasteiger partial charge in [0.05, 0.1) is 5.69 Å². The standard InChI is InChI=1S/C18H16F13NO2/c1-8(33)32-10-6-5-9(12(2,3)4)7-11(10)34-18(30,31)16(25,26)14(21,22)13(19,20)15(23,24)17(27,28)29/h5-7H,1-4H3,(H,32,33). The Morgan fingerprint density at radius 1 is 0.735 bits per heavy atom. The molecule has 196 valence electrons.